The van der Waals surface area contributed by atoms with Gasteiger partial charge in [0.1, 0.15) is 0 Å². The summed E-state index contributed by atoms with van der Waals surface area (Å²) in [4.78, 5) is 25.8. The fraction of sp³-hybridized carbons (Fsp3) is 0.304. The average Bonchev–Trinajstić information content (AvgIpc) is 2.72. The van der Waals surface area contributed by atoms with Crippen molar-refractivity contribution in [3.63, 3.8) is 0 Å². The molecular formula is C23H25N3O2. The van der Waals surface area contributed by atoms with Gasteiger partial charge in [-0.25, -0.2) is 0 Å². The fourth-order valence-corrected chi connectivity index (χ4v) is 4.05. The number of carbonyl (C=O) groups excluding carboxylic acids is 1. The lowest BCUT2D eigenvalue weighted by Crippen LogP contribution is -2.21. The lowest BCUT2D eigenvalue weighted by atomic mass is 9.83. The van der Waals surface area contributed by atoms with Crippen molar-refractivity contribution in [2.24, 2.45) is 12.8 Å². The number of fused-ring (bicyclic) bond motifs is 2. The van der Waals surface area contributed by atoms with E-state index in [1.165, 1.54) is 0 Å². The minimum absolute atomic E-state index is 0.0120. The van der Waals surface area contributed by atoms with Crippen LogP contribution in [0.25, 0.3) is 22.0 Å². The molecule has 1 aliphatic rings. The van der Waals surface area contributed by atoms with Crippen molar-refractivity contribution >= 4 is 22.4 Å². The van der Waals surface area contributed by atoms with Crippen molar-refractivity contribution in [2.45, 2.75) is 25.7 Å². The van der Waals surface area contributed by atoms with Crippen molar-refractivity contribution in [2.75, 3.05) is 18.4 Å². The Balaban J connectivity index is 1.80. The molecule has 0 spiro atoms. The Morgan fingerprint density at radius 2 is 1.68 bits per heavy atom. The van der Waals surface area contributed by atoms with E-state index in [-0.39, 0.29) is 11.3 Å². The number of carbonyl (C=O) groups is 1. The maximum Gasteiger partial charge on any atom is 0.251 e. The highest BCUT2D eigenvalue weighted by atomic mass is 16.1. The zero-order valence-electron chi connectivity index (χ0n) is 16.1. The Kier molecular flexibility index (Phi) is 5.01. The van der Waals surface area contributed by atoms with E-state index in [4.69, 9.17) is 5.73 Å². The quantitative estimate of drug-likeness (QED) is 0.483. The number of aryl methyl sites for hydroxylation is 1. The largest absolute Gasteiger partial charge is 0.384 e. The summed E-state index contributed by atoms with van der Waals surface area (Å²) >= 11 is 0. The Morgan fingerprint density at radius 3 is 2.46 bits per heavy atom. The lowest BCUT2D eigenvalue weighted by Gasteiger charge is -2.23. The number of pyridine rings is 1. The first-order chi connectivity index (χ1) is 13.6. The molecule has 1 aliphatic carbocycles. The first-order valence-corrected chi connectivity index (χ1v) is 9.88. The Labute approximate surface area is 164 Å². The molecule has 5 nitrogen and oxygen atoms in total. The van der Waals surface area contributed by atoms with Crippen LogP contribution in [0.3, 0.4) is 0 Å². The van der Waals surface area contributed by atoms with E-state index in [1.54, 1.807) is 17.7 Å². The zero-order valence-corrected chi connectivity index (χ0v) is 16.1. The van der Waals surface area contributed by atoms with Crippen molar-refractivity contribution in [3.05, 3.63) is 63.9 Å². The number of anilines is 1. The van der Waals surface area contributed by atoms with Gasteiger partial charge in [-0.05, 0) is 42.6 Å². The second kappa shape index (κ2) is 7.60. The van der Waals surface area contributed by atoms with Crippen LogP contribution in [0.2, 0.25) is 0 Å². The number of ketones is 1. The van der Waals surface area contributed by atoms with Gasteiger partial charge in [0.2, 0.25) is 0 Å². The third kappa shape index (κ3) is 3.02. The number of nitrogens with one attached hydrogen (secondary N) is 1. The van der Waals surface area contributed by atoms with Gasteiger partial charge in [-0.3, -0.25) is 9.59 Å². The van der Waals surface area contributed by atoms with Gasteiger partial charge in [-0.15, -0.1) is 0 Å². The molecule has 0 fully saturated rings. The Bertz CT molecular complexity index is 1110. The van der Waals surface area contributed by atoms with Gasteiger partial charge >= 0.3 is 0 Å². The summed E-state index contributed by atoms with van der Waals surface area (Å²) in [6.07, 6.45) is 4.32. The van der Waals surface area contributed by atoms with E-state index < -0.39 is 0 Å². The lowest BCUT2D eigenvalue weighted by molar-refractivity contribution is 0.104. The number of rotatable bonds is 7. The standard InChI is InChI=1S/C23H25N3O2/c1-26-19-11-10-18(25-13-7-3-2-6-12-24)22-21(19)17(14-20(26)27)15-8-4-5-9-16(15)23(22)28/h4-5,8-11,14,25H,2-3,6-7,12-13,24H2,1H3. The van der Waals surface area contributed by atoms with Crippen LogP contribution >= 0.6 is 0 Å². The summed E-state index contributed by atoms with van der Waals surface area (Å²) < 4.78 is 1.61. The molecule has 0 aliphatic heterocycles. The van der Waals surface area contributed by atoms with Crippen LogP contribution in [0.5, 0.6) is 0 Å². The van der Waals surface area contributed by atoms with Crippen LogP contribution < -0.4 is 16.6 Å². The van der Waals surface area contributed by atoms with E-state index in [0.29, 0.717) is 11.1 Å². The molecule has 5 heteroatoms. The van der Waals surface area contributed by atoms with Gasteiger partial charge in [-0.2, -0.15) is 0 Å². The van der Waals surface area contributed by atoms with E-state index in [9.17, 15) is 9.59 Å². The van der Waals surface area contributed by atoms with Crippen molar-refractivity contribution in [3.8, 4) is 11.1 Å². The molecule has 3 aromatic rings. The molecule has 1 aromatic heterocycles. The van der Waals surface area contributed by atoms with Gasteiger partial charge in [-0.1, -0.05) is 37.1 Å². The number of hydrogen-bond donors (Lipinski definition) is 2. The number of nitrogens with two attached hydrogens (primary N) is 1. The molecule has 4 rings (SSSR count). The topological polar surface area (TPSA) is 77.1 Å². The zero-order chi connectivity index (χ0) is 19.7. The van der Waals surface area contributed by atoms with Crippen LogP contribution in [0, 0.1) is 0 Å². The number of benzene rings is 2. The Hall–Kier alpha value is -2.92. The van der Waals surface area contributed by atoms with E-state index in [2.05, 4.69) is 5.32 Å². The number of nitrogens with zero attached hydrogens (tertiary/aromatic N) is 1. The second-order valence-corrected chi connectivity index (χ2v) is 7.34. The third-order valence-electron chi connectivity index (χ3n) is 5.55. The minimum Gasteiger partial charge on any atom is -0.384 e. The Morgan fingerprint density at radius 1 is 0.929 bits per heavy atom. The van der Waals surface area contributed by atoms with Gasteiger partial charge in [0.05, 0.1) is 11.1 Å². The normalized spacial score (nSPS) is 12.3. The number of aromatic nitrogens is 1. The molecule has 0 atom stereocenters. The molecule has 0 saturated heterocycles. The van der Waals surface area contributed by atoms with E-state index in [0.717, 1.165) is 66.5 Å². The first-order valence-electron chi connectivity index (χ1n) is 9.88. The fourth-order valence-electron chi connectivity index (χ4n) is 4.05. The SMILES string of the molecule is Cn1c(=O)cc2c3c(c(NCCCCCCN)ccc31)C(=O)c1ccccc1-2. The van der Waals surface area contributed by atoms with E-state index >= 15 is 0 Å². The number of hydrogen-bond acceptors (Lipinski definition) is 4. The molecule has 0 radical (unpaired) electrons. The second-order valence-electron chi connectivity index (χ2n) is 7.34. The molecule has 0 bridgehead atoms. The molecule has 0 unspecified atom stereocenters. The highest BCUT2D eigenvalue weighted by Crippen LogP contribution is 2.41. The van der Waals surface area contributed by atoms with Gasteiger partial charge in [0.15, 0.2) is 5.78 Å². The molecule has 28 heavy (non-hydrogen) atoms. The van der Waals surface area contributed by atoms with Crippen LogP contribution in [-0.4, -0.2) is 23.4 Å². The summed E-state index contributed by atoms with van der Waals surface area (Å²) in [7, 11) is 1.75. The molecule has 2 aromatic carbocycles. The molecule has 144 valence electrons. The van der Waals surface area contributed by atoms with Gasteiger partial charge < -0.3 is 15.6 Å². The summed E-state index contributed by atoms with van der Waals surface area (Å²) in [6.45, 7) is 1.54. The van der Waals surface area contributed by atoms with Crippen LogP contribution in [0.4, 0.5) is 5.69 Å². The third-order valence-corrected chi connectivity index (χ3v) is 5.55. The summed E-state index contributed by atoms with van der Waals surface area (Å²) in [6, 6.07) is 13.0. The summed E-state index contributed by atoms with van der Waals surface area (Å²) in [5, 5.41) is 4.31. The average molecular weight is 375 g/mol. The molecule has 0 saturated carbocycles. The highest BCUT2D eigenvalue weighted by molar-refractivity contribution is 6.28. The van der Waals surface area contributed by atoms with Crippen LogP contribution in [-0.2, 0) is 7.05 Å². The predicted octanol–water partition coefficient (Wildman–Crippen LogP) is 3.68. The molecular weight excluding hydrogens is 350 g/mol. The molecule has 1 heterocycles. The van der Waals surface area contributed by atoms with Gasteiger partial charge in [0.25, 0.3) is 5.56 Å². The van der Waals surface area contributed by atoms with Crippen LogP contribution in [0.15, 0.2) is 47.3 Å². The predicted molar refractivity (Wildman–Crippen MR) is 114 cm³/mol. The maximum absolute atomic E-state index is 13.3. The van der Waals surface area contributed by atoms with Crippen molar-refractivity contribution in [1.29, 1.82) is 0 Å². The van der Waals surface area contributed by atoms with Crippen molar-refractivity contribution in [1.82, 2.24) is 4.57 Å². The van der Waals surface area contributed by atoms with E-state index in [1.807, 2.05) is 36.4 Å². The van der Waals surface area contributed by atoms with Gasteiger partial charge in [0, 0.05) is 36.3 Å². The smallest absolute Gasteiger partial charge is 0.251 e. The molecule has 0 amide bonds. The first kappa shape index (κ1) is 18.4. The van der Waals surface area contributed by atoms with Crippen LogP contribution in [0.1, 0.15) is 41.6 Å². The molecule has 3 N–H and O–H groups in total. The highest BCUT2D eigenvalue weighted by Gasteiger charge is 2.28. The maximum atomic E-state index is 13.3. The van der Waals surface area contributed by atoms with Crippen molar-refractivity contribution < 1.29 is 4.79 Å². The summed E-state index contributed by atoms with van der Waals surface area (Å²) in [5.41, 5.74) is 10.1. The summed E-state index contributed by atoms with van der Waals surface area (Å²) in [5.74, 6) is 0.0120. The number of unbranched alkanes of at least 4 members (excludes halogenated alkanes) is 3. The monoisotopic (exact) mass is 375 g/mol. The minimum atomic E-state index is -0.0711.